The van der Waals surface area contributed by atoms with E-state index in [1.54, 1.807) is 36.4 Å². The molecule has 0 unspecified atom stereocenters. The molecule has 0 fully saturated rings. The minimum Gasteiger partial charge on any atom is -0.490 e. The third-order valence-electron chi connectivity index (χ3n) is 5.27. The first-order valence-electron chi connectivity index (χ1n) is 10.2. The highest BCUT2D eigenvalue weighted by molar-refractivity contribution is 5.91. The molecule has 0 radical (unpaired) electrons. The second-order valence-electron chi connectivity index (χ2n) is 7.47. The van der Waals surface area contributed by atoms with E-state index in [0.29, 0.717) is 17.7 Å². The number of unbranched alkanes of at least 4 members (excludes halogenated alkanes) is 1. The maximum absolute atomic E-state index is 14.7. The van der Waals surface area contributed by atoms with Gasteiger partial charge in [0.25, 0.3) is 0 Å². The Kier molecular flexibility index (Phi) is 6.12. The van der Waals surface area contributed by atoms with E-state index in [9.17, 15) is 22.0 Å². The number of ether oxygens (including phenoxy) is 1. The molecule has 4 aromatic rings. The smallest absolute Gasteiger partial charge is 0.201 e. The van der Waals surface area contributed by atoms with E-state index in [0.717, 1.165) is 35.7 Å². The zero-order valence-corrected chi connectivity index (χ0v) is 17.2. The van der Waals surface area contributed by atoms with E-state index in [2.05, 4.69) is 0 Å². The van der Waals surface area contributed by atoms with Crippen LogP contribution in [-0.4, -0.2) is 6.61 Å². The van der Waals surface area contributed by atoms with Gasteiger partial charge in [-0.3, -0.25) is 0 Å². The van der Waals surface area contributed by atoms with Gasteiger partial charge in [0.15, 0.2) is 29.0 Å². The Hall–Kier alpha value is -3.41. The summed E-state index contributed by atoms with van der Waals surface area (Å²) in [4.78, 5) is 0. The van der Waals surface area contributed by atoms with E-state index in [1.165, 1.54) is 12.1 Å². The Labute approximate surface area is 182 Å². The molecule has 0 aliphatic carbocycles. The molecule has 4 aromatic carbocycles. The van der Waals surface area contributed by atoms with E-state index < -0.39 is 29.1 Å². The monoisotopic (exact) mass is 442 g/mol. The van der Waals surface area contributed by atoms with E-state index in [4.69, 9.17) is 4.74 Å². The van der Waals surface area contributed by atoms with Crippen molar-refractivity contribution in [2.75, 3.05) is 6.61 Å². The van der Waals surface area contributed by atoms with Gasteiger partial charge < -0.3 is 4.74 Å². The number of hydrogen-bond donors (Lipinski definition) is 0. The highest BCUT2D eigenvalue weighted by Gasteiger charge is 2.16. The second kappa shape index (κ2) is 8.99. The van der Waals surface area contributed by atoms with Crippen molar-refractivity contribution in [3.05, 3.63) is 89.7 Å². The molecule has 0 aliphatic heterocycles. The molecule has 0 bridgehead atoms. The van der Waals surface area contributed by atoms with E-state index in [-0.39, 0.29) is 16.9 Å². The van der Waals surface area contributed by atoms with E-state index >= 15 is 0 Å². The summed E-state index contributed by atoms with van der Waals surface area (Å²) >= 11 is 0. The highest BCUT2D eigenvalue weighted by atomic mass is 19.2. The average molecular weight is 442 g/mol. The molecule has 164 valence electrons. The van der Waals surface area contributed by atoms with Crippen molar-refractivity contribution in [3.63, 3.8) is 0 Å². The molecule has 4 rings (SSSR count). The van der Waals surface area contributed by atoms with Gasteiger partial charge in [-0.25, -0.2) is 17.6 Å². The Balaban J connectivity index is 1.68. The Morgan fingerprint density at radius 2 is 1.25 bits per heavy atom. The third-order valence-corrected chi connectivity index (χ3v) is 5.27. The van der Waals surface area contributed by atoms with Crippen LogP contribution in [0.5, 0.6) is 5.75 Å². The van der Waals surface area contributed by atoms with Crippen LogP contribution in [0.25, 0.3) is 33.0 Å². The van der Waals surface area contributed by atoms with Crippen molar-refractivity contribution < 1.29 is 26.7 Å². The maximum atomic E-state index is 14.7. The zero-order valence-electron chi connectivity index (χ0n) is 17.2. The predicted octanol–water partition coefficient (Wildman–Crippen LogP) is 8.05. The minimum atomic E-state index is -1.52. The van der Waals surface area contributed by atoms with Crippen molar-refractivity contribution >= 4 is 10.8 Å². The van der Waals surface area contributed by atoms with Crippen molar-refractivity contribution in [2.45, 2.75) is 19.8 Å². The molecule has 0 saturated heterocycles. The summed E-state index contributed by atoms with van der Waals surface area (Å²) in [5.41, 5.74) is 1.26. The number of hydrogen-bond acceptors (Lipinski definition) is 1. The van der Waals surface area contributed by atoms with Crippen LogP contribution < -0.4 is 4.74 Å². The van der Waals surface area contributed by atoms with Gasteiger partial charge in [-0.2, -0.15) is 4.39 Å². The van der Waals surface area contributed by atoms with Gasteiger partial charge in [-0.1, -0.05) is 37.6 Å². The minimum absolute atomic E-state index is 0.0963. The van der Waals surface area contributed by atoms with Gasteiger partial charge in [0, 0.05) is 5.56 Å². The number of benzene rings is 4. The molecule has 0 aliphatic rings. The summed E-state index contributed by atoms with van der Waals surface area (Å²) in [6, 6.07) is 14.8. The molecule has 0 atom stereocenters. The van der Waals surface area contributed by atoms with Crippen LogP contribution >= 0.6 is 0 Å². The van der Waals surface area contributed by atoms with Crippen LogP contribution in [0.2, 0.25) is 0 Å². The first-order valence-corrected chi connectivity index (χ1v) is 10.2. The van der Waals surface area contributed by atoms with E-state index in [1.807, 2.05) is 6.92 Å². The average Bonchev–Trinajstić information content (AvgIpc) is 2.79. The van der Waals surface area contributed by atoms with Gasteiger partial charge in [0.2, 0.25) is 5.82 Å². The van der Waals surface area contributed by atoms with Gasteiger partial charge in [-0.15, -0.1) is 0 Å². The van der Waals surface area contributed by atoms with Crippen molar-refractivity contribution in [3.8, 4) is 28.0 Å². The van der Waals surface area contributed by atoms with Crippen LogP contribution in [0.15, 0.2) is 60.7 Å². The first-order chi connectivity index (χ1) is 15.4. The van der Waals surface area contributed by atoms with Crippen LogP contribution in [-0.2, 0) is 0 Å². The maximum Gasteiger partial charge on any atom is 0.201 e. The van der Waals surface area contributed by atoms with Gasteiger partial charge >= 0.3 is 0 Å². The standard InChI is InChI=1S/C26H19F5O/c1-2-3-10-32-23-9-8-20(24(29)26(23)31)18-7-6-15-11-17(5-4-16(15)12-18)19-13-21(27)25(30)22(28)14-19/h4-9,11-14H,2-3,10H2,1H3. The van der Waals surface area contributed by atoms with Gasteiger partial charge in [0.1, 0.15) is 0 Å². The SMILES string of the molecule is CCCCOc1ccc(-c2ccc3cc(-c4cc(F)c(F)c(F)c4)ccc3c2)c(F)c1F. The lowest BCUT2D eigenvalue weighted by atomic mass is 9.97. The molecule has 0 saturated carbocycles. The van der Waals surface area contributed by atoms with Gasteiger partial charge in [0.05, 0.1) is 6.61 Å². The fourth-order valence-electron chi connectivity index (χ4n) is 3.51. The van der Waals surface area contributed by atoms with Crippen LogP contribution in [0, 0.1) is 29.1 Å². The Morgan fingerprint density at radius 1 is 0.625 bits per heavy atom. The molecular weight excluding hydrogens is 423 g/mol. The molecule has 0 heterocycles. The van der Waals surface area contributed by atoms with Crippen molar-refractivity contribution in [2.24, 2.45) is 0 Å². The summed E-state index contributed by atoms with van der Waals surface area (Å²) in [5.74, 6) is -6.20. The van der Waals surface area contributed by atoms with Crippen LogP contribution in [0.4, 0.5) is 22.0 Å². The molecule has 0 amide bonds. The lowest BCUT2D eigenvalue weighted by molar-refractivity contribution is 0.289. The fraction of sp³-hybridized carbons (Fsp3) is 0.154. The Morgan fingerprint density at radius 3 is 1.91 bits per heavy atom. The zero-order chi connectivity index (χ0) is 22.8. The molecular formula is C26H19F5O. The summed E-state index contributed by atoms with van der Waals surface area (Å²) in [5, 5.41) is 1.44. The summed E-state index contributed by atoms with van der Waals surface area (Å²) in [7, 11) is 0. The Bertz CT molecular complexity index is 1280. The topological polar surface area (TPSA) is 9.23 Å². The lowest BCUT2D eigenvalue weighted by Crippen LogP contribution is -2.01. The molecule has 0 N–H and O–H groups in total. The summed E-state index contributed by atoms with van der Waals surface area (Å²) < 4.78 is 74.8. The lowest BCUT2D eigenvalue weighted by Gasteiger charge is -2.11. The van der Waals surface area contributed by atoms with Crippen molar-refractivity contribution in [1.82, 2.24) is 0 Å². The largest absolute Gasteiger partial charge is 0.490 e. The van der Waals surface area contributed by atoms with Crippen molar-refractivity contribution in [1.29, 1.82) is 0 Å². The van der Waals surface area contributed by atoms with Crippen LogP contribution in [0.3, 0.4) is 0 Å². The fourth-order valence-corrected chi connectivity index (χ4v) is 3.51. The van der Waals surface area contributed by atoms with Crippen LogP contribution in [0.1, 0.15) is 19.8 Å². The number of rotatable bonds is 6. The van der Waals surface area contributed by atoms with Gasteiger partial charge in [-0.05, 0) is 70.3 Å². The second-order valence-corrected chi connectivity index (χ2v) is 7.47. The quantitative estimate of drug-likeness (QED) is 0.167. The highest BCUT2D eigenvalue weighted by Crippen LogP contribution is 2.33. The molecule has 1 nitrogen and oxygen atoms in total. The molecule has 0 spiro atoms. The molecule has 0 aromatic heterocycles. The summed E-state index contributed by atoms with van der Waals surface area (Å²) in [6.07, 6.45) is 1.62. The number of halogens is 5. The molecule has 32 heavy (non-hydrogen) atoms. The normalized spacial score (nSPS) is 11.2. The molecule has 6 heteroatoms. The predicted molar refractivity (Wildman–Crippen MR) is 115 cm³/mol. The number of fused-ring (bicyclic) bond motifs is 1. The first kappa shape index (κ1) is 21.8. The summed E-state index contributed by atoms with van der Waals surface area (Å²) in [6.45, 7) is 2.29. The third kappa shape index (κ3) is 4.17.